The molecule has 2 heterocycles. The Balaban J connectivity index is 1.74. The number of likely N-dealkylation sites (tertiary alicyclic amines) is 2. The molecule has 2 atom stereocenters. The summed E-state index contributed by atoms with van der Waals surface area (Å²) in [5.41, 5.74) is 0. The van der Waals surface area contributed by atoms with Gasteiger partial charge in [0, 0.05) is 38.6 Å². The van der Waals surface area contributed by atoms with E-state index in [0.29, 0.717) is 24.8 Å². The lowest BCUT2D eigenvalue weighted by molar-refractivity contribution is -0.129. The average molecular weight is 295 g/mol. The molecule has 0 bridgehead atoms. The van der Waals surface area contributed by atoms with Gasteiger partial charge >= 0.3 is 6.03 Å². The van der Waals surface area contributed by atoms with E-state index in [4.69, 9.17) is 0 Å². The Hall–Kier alpha value is -1.26. The van der Waals surface area contributed by atoms with Crippen LogP contribution in [0.1, 0.15) is 46.5 Å². The highest BCUT2D eigenvalue weighted by molar-refractivity contribution is 5.77. The van der Waals surface area contributed by atoms with Crippen LogP contribution in [-0.4, -0.2) is 54.0 Å². The number of hydrogen-bond acceptors (Lipinski definition) is 2. The van der Waals surface area contributed by atoms with Crippen molar-refractivity contribution in [3.8, 4) is 0 Å². The molecule has 2 saturated heterocycles. The first-order valence-electron chi connectivity index (χ1n) is 8.32. The zero-order valence-corrected chi connectivity index (χ0v) is 13.6. The Bertz CT molecular complexity index is 384. The fraction of sp³-hybridized carbons (Fsp3) is 0.875. The van der Waals surface area contributed by atoms with Gasteiger partial charge in [0.1, 0.15) is 0 Å². The molecule has 1 N–H and O–H groups in total. The van der Waals surface area contributed by atoms with E-state index in [2.05, 4.69) is 19.2 Å². The van der Waals surface area contributed by atoms with Crippen LogP contribution in [0.15, 0.2) is 0 Å². The van der Waals surface area contributed by atoms with Crippen LogP contribution in [0.2, 0.25) is 0 Å². The Morgan fingerprint density at radius 1 is 1.14 bits per heavy atom. The van der Waals surface area contributed by atoms with Gasteiger partial charge < -0.3 is 15.1 Å². The molecule has 21 heavy (non-hydrogen) atoms. The van der Waals surface area contributed by atoms with Gasteiger partial charge in [-0.05, 0) is 31.1 Å². The van der Waals surface area contributed by atoms with Crippen molar-refractivity contribution in [2.45, 2.75) is 52.5 Å². The molecule has 2 unspecified atom stereocenters. The minimum absolute atomic E-state index is 0.0528. The number of hydrogen-bond donors (Lipinski definition) is 1. The second-order valence-electron chi connectivity index (χ2n) is 6.86. The number of urea groups is 1. The van der Waals surface area contributed by atoms with Crippen molar-refractivity contribution in [2.24, 2.45) is 11.8 Å². The summed E-state index contributed by atoms with van der Waals surface area (Å²) in [6.45, 7) is 9.55. The monoisotopic (exact) mass is 295 g/mol. The smallest absolute Gasteiger partial charge is 0.317 e. The molecule has 0 aromatic heterocycles. The van der Waals surface area contributed by atoms with E-state index in [0.717, 1.165) is 32.5 Å². The van der Waals surface area contributed by atoms with E-state index in [1.54, 1.807) is 0 Å². The number of carbonyl (C=O) groups excluding carboxylic acids is 2. The van der Waals surface area contributed by atoms with E-state index < -0.39 is 0 Å². The van der Waals surface area contributed by atoms with Gasteiger partial charge in [0.05, 0.1) is 0 Å². The minimum Gasteiger partial charge on any atom is -0.341 e. The summed E-state index contributed by atoms with van der Waals surface area (Å²) in [6, 6.07) is 0.175. The predicted molar refractivity (Wildman–Crippen MR) is 82.9 cm³/mol. The van der Waals surface area contributed by atoms with Crippen molar-refractivity contribution in [1.29, 1.82) is 0 Å². The first-order valence-corrected chi connectivity index (χ1v) is 8.32. The highest BCUT2D eigenvalue weighted by Crippen LogP contribution is 2.23. The van der Waals surface area contributed by atoms with Crippen molar-refractivity contribution >= 4 is 11.9 Å². The normalized spacial score (nSPS) is 25.7. The predicted octanol–water partition coefficient (Wildman–Crippen LogP) is 2.07. The number of nitrogens with one attached hydrogen (secondary N) is 1. The average Bonchev–Trinajstić information content (AvgIpc) is 3.06. The van der Waals surface area contributed by atoms with Crippen molar-refractivity contribution < 1.29 is 9.59 Å². The third-order valence-corrected chi connectivity index (χ3v) is 4.55. The molecule has 0 spiro atoms. The molecule has 2 rings (SSSR count). The molecule has 0 radical (unpaired) electrons. The molecule has 5 heteroatoms. The summed E-state index contributed by atoms with van der Waals surface area (Å²) in [5, 5.41) is 3.10. The molecule has 120 valence electrons. The summed E-state index contributed by atoms with van der Waals surface area (Å²) in [4.78, 5) is 27.7. The Kier molecular flexibility index (Phi) is 5.48. The van der Waals surface area contributed by atoms with Crippen LogP contribution in [-0.2, 0) is 4.79 Å². The molecule has 2 aliphatic heterocycles. The van der Waals surface area contributed by atoms with Crippen LogP contribution in [0.25, 0.3) is 0 Å². The molecule has 0 aromatic carbocycles. The fourth-order valence-corrected chi connectivity index (χ4v) is 3.47. The summed E-state index contributed by atoms with van der Waals surface area (Å²) < 4.78 is 0. The molecule has 2 aliphatic rings. The number of rotatable bonds is 4. The summed E-state index contributed by atoms with van der Waals surface area (Å²) in [5.74, 6) is 1.53. The van der Waals surface area contributed by atoms with Gasteiger partial charge in [-0.2, -0.15) is 0 Å². The quantitative estimate of drug-likeness (QED) is 0.863. The zero-order valence-electron chi connectivity index (χ0n) is 13.6. The van der Waals surface area contributed by atoms with Crippen LogP contribution < -0.4 is 5.32 Å². The highest BCUT2D eigenvalue weighted by Gasteiger charge is 2.30. The van der Waals surface area contributed by atoms with E-state index in [-0.39, 0.29) is 18.0 Å². The van der Waals surface area contributed by atoms with E-state index in [9.17, 15) is 9.59 Å². The maximum atomic E-state index is 12.3. The van der Waals surface area contributed by atoms with Crippen LogP contribution in [0.3, 0.4) is 0 Å². The molecule has 0 aromatic rings. The van der Waals surface area contributed by atoms with E-state index >= 15 is 0 Å². The summed E-state index contributed by atoms with van der Waals surface area (Å²) in [7, 11) is 0. The second-order valence-corrected chi connectivity index (χ2v) is 6.86. The standard InChI is InChI=1S/C16H29N3O2/c1-4-15(20)18-8-6-14(11-18)17-16(21)19-7-5-13(10-19)9-12(2)3/h12-14H,4-11H2,1-3H3,(H,17,21). The zero-order chi connectivity index (χ0) is 15.4. The lowest BCUT2D eigenvalue weighted by Crippen LogP contribution is -2.45. The Morgan fingerprint density at radius 3 is 2.52 bits per heavy atom. The SMILES string of the molecule is CCC(=O)N1CCC(NC(=O)N2CCC(CC(C)C)C2)C1. The van der Waals surface area contributed by atoms with Gasteiger partial charge in [-0.3, -0.25) is 4.79 Å². The first-order chi connectivity index (χ1) is 9.99. The van der Waals surface area contributed by atoms with Crippen LogP contribution in [0.4, 0.5) is 4.79 Å². The first kappa shape index (κ1) is 16.1. The lowest BCUT2D eigenvalue weighted by atomic mass is 9.97. The molecule has 0 aliphatic carbocycles. The molecule has 2 fully saturated rings. The molecular formula is C16H29N3O2. The third kappa shape index (κ3) is 4.35. The number of nitrogens with zero attached hydrogens (tertiary/aromatic N) is 2. The third-order valence-electron chi connectivity index (χ3n) is 4.55. The van der Waals surface area contributed by atoms with Gasteiger partial charge in [-0.25, -0.2) is 4.79 Å². The number of amides is 3. The van der Waals surface area contributed by atoms with Crippen LogP contribution in [0.5, 0.6) is 0 Å². The van der Waals surface area contributed by atoms with Crippen LogP contribution >= 0.6 is 0 Å². The van der Waals surface area contributed by atoms with Crippen molar-refractivity contribution in [2.75, 3.05) is 26.2 Å². The summed E-state index contributed by atoms with van der Waals surface area (Å²) in [6.07, 6.45) is 3.74. The van der Waals surface area contributed by atoms with Gasteiger partial charge in [-0.15, -0.1) is 0 Å². The van der Waals surface area contributed by atoms with E-state index in [1.807, 2.05) is 16.7 Å². The van der Waals surface area contributed by atoms with Crippen molar-refractivity contribution in [3.05, 3.63) is 0 Å². The summed E-state index contributed by atoms with van der Waals surface area (Å²) >= 11 is 0. The largest absolute Gasteiger partial charge is 0.341 e. The van der Waals surface area contributed by atoms with Gasteiger partial charge in [0.15, 0.2) is 0 Å². The maximum Gasteiger partial charge on any atom is 0.317 e. The van der Waals surface area contributed by atoms with Crippen LogP contribution in [0, 0.1) is 11.8 Å². The molecule has 3 amide bonds. The molecule has 5 nitrogen and oxygen atoms in total. The number of carbonyl (C=O) groups is 2. The Labute approximate surface area is 128 Å². The topological polar surface area (TPSA) is 52.7 Å². The van der Waals surface area contributed by atoms with Crippen molar-refractivity contribution in [1.82, 2.24) is 15.1 Å². The Morgan fingerprint density at radius 2 is 1.86 bits per heavy atom. The molecule has 0 saturated carbocycles. The minimum atomic E-state index is 0.0528. The van der Waals surface area contributed by atoms with Gasteiger partial charge in [-0.1, -0.05) is 20.8 Å². The maximum absolute atomic E-state index is 12.3. The highest BCUT2D eigenvalue weighted by atomic mass is 16.2. The van der Waals surface area contributed by atoms with Gasteiger partial charge in [0.2, 0.25) is 5.91 Å². The lowest BCUT2D eigenvalue weighted by Gasteiger charge is -2.21. The molecular weight excluding hydrogens is 266 g/mol. The fourth-order valence-electron chi connectivity index (χ4n) is 3.47. The van der Waals surface area contributed by atoms with E-state index in [1.165, 1.54) is 6.42 Å². The second kappa shape index (κ2) is 7.14. The van der Waals surface area contributed by atoms with Gasteiger partial charge in [0.25, 0.3) is 0 Å². The van der Waals surface area contributed by atoms with Crippen molar-refractivity contribution in [3.63, 3.8) is 0 Å².